The van der Waals surface area contributed by atoms with E-state index in [2.05, 4.69) is 5.32 Å². The van der Waals surface area contributed by atoms with Crippen LogP contribution in [0.1, 0.15) is 0 Å². The molecule has 18 heavy (non-hydrogen) atoms. The van der Waals surface area contributed by atoms with Crippen LogP contribution in [0.2, 0.25) is 0 Å². The van der Waals surface area contributed by atoms with Crippen LogP contribution in [-0.4, -0.2) is 37.2 Å². The Hall–Kier alpha value is -0.970. The first kappa shape index (κ1) is 15.1. The predicted octanol–water partition coefficient (Wildman–Crippen LogP) is 3.03. The molecule has 0 aliphatic heterocycles. The number of anilines is 1. The number of carbonyl (C=O) groups is 1. The maximum atomic E-state index is 11.8. The molecule has 0 aliphatic rings. The van der Waals surface area contributed by atoms with Gasteiger partial charge in [-0.15, -0.1) is 11.8 Å². The van der Waals surface area contributed by atoms with Crippen molar-refractivity contribution in [3.05, 3.63) is 35.9 Å². The molecule has 5 heteroatoms. The summed E-state index contributed by atoms with van der Waals surface area (Å²) in [6.45, 7) is 0.991. The van der Waals surface area contributed by atoms with Crippen molar-refractivity contribution in [3.8, 4) is 0 Å². The van der Waals surface area contributed by atoms with Gasteiger partial charge in [0.2, 0.25) is 5.91 Å². The van der Waals surface area contributed by atoms with Crippen molar-refractivity contribution in [2.75, 3.05) is 31.7 Å². The lowest BCUT2D eigenvalue weighted by Crippen LogP contribution is -2.30. The minimum absolute atomic E-state index is 0.0260. The van der Waals surface area contributed by atoms with E-state index >= 15 is 0 Å². The van der Waals surface area contributed by atoms with Crippen molar-refractivity contribution in [2.24, 2.45) is 0 Å². The Bertz CT molecular complexity index is 423. The molecule has 98 valence electrons. The molecule has 0 atom stereocenters. The van der Waals surface area contributed by atoms with Gasteiger partial charge in [0.1, 0.15) is 0 Å². The summed E-state index contributed by atoms with van der Waals surface area (Å²) in [5.74, 6) is -0.0260. The van der Waals surface area contributed by atoms with Gasteiger partial charge >= 0.3 is 0 Å². The molecule has 0 bridgehead atoms. The number of benzene rings is 1. The fourth-order valence-corrected chi connectivity index (χ4v) is 2.10. The van der Waals surface area contributed by atoms with Gasteiger partial charge in [-0.1, -0.05) is 29.8 Å². The summed E-state index contributed by atoms with van der Waals surface area (Å²) >= 11 is 7.05. The molecule has 0 spiro atoms. The number of hydrogen-bond donors (Lipinski definition) is 1. The number of carbonyl (C=O) groups excluding carboxylic acids is 1. The summed E-state index contributed by atoms with van der Waals surface area (Å²) in [4.78, 5) is 14.8. The molecule has 0 aliphatic carbocycles. The zero-order valence-electron chi connectivity index (χ0n) is 10.5. The Morgan fingerprint density at radius 2 is 2.22 bits per heavy atom. The van der Waals surface area contributed by atoms with E-state index in [1.165, 1.54) is 5.54 Å². The van der Waals surface area contributed by atoms with E-state index in [-0.39, 0.29) is 5.91 Å². The predicted molar refractivity (Wildman–Crippen MR) is 79.3 cm³/mol. The third-order valence-corrected chi connectivity index (χ3v) is 3.27. The van der Waals surface area contributed by atoms with Crippen molar-refractivity contribution in [1.29, 1.82) is 0 Å². The first-order chi connectivity index (χ1) is 8.67. The van der Waals surface area contributed by atoms with Crippen molar-refractivity contribution in [2.45, 2.75) is 4.90 Å². The highest BCUT2D eigenvalue weighted by atomic mass is 35.5. The number of likely N-dealkylation sites (N-methyl/N-ethyl adjacent to an activating group) is 1. The zero-order chi connectivity index (χ0) is 13.4. The molecule has 1 aromatic carbocycles. The summed E-state index contributed by atoms with van der Waals surface area (Å²) in [7, 11) is 1.87. The van der Waals surface area contributed by atoms with Gasteiger partial charge in [-0.25, -0.2) is 0 Å². The number of thioether (sulfide) groups is 1. The van der Waals surface area contributed by atoms with Gasteiger partial charge in [-0.3, -0.25) is 9.69 Å². The normalized spacial score (nSPS) is 11.1. The highest BCUT2D eigenvalue weighted by Gasteiger charge is 2.07. The molecule has 3 nitrogen and oxygen atoms in total. The molecular formula is C13H17ClN2OS. The molecule has 0 unspecified atom stereocenters. The van der Waals surface area contributed by atoms with Crippen LogP contribution in [0.15, 0.2) is 40.8 Å². The first-order valence-electron chi connectivity index (χ1n) is 5.54. The minimum Gasteiger partial charge on any atom is -0.324 e. The number of halogens is 1. The molecular weight excluding hydrogens is 268 g/mol. The second-order valence-corrected chi connectivity index (χ2v) is 4.91. The number of nitrogens with zero attached hydrogens (tertiary/aromatic N) is 1. The van der Waals surface area contributed by atoms with Crippen molar-refractivity contribution in [3.63, 3.8) is 0 Å². The Kier molecular flexibility index (Phi) is 6.86. The molecule has 1 N–H and O–H groups in total. The highest BCUT2D eigenvalue weighted by Crippen LogP contribution is 2.24. The van der Waals surface area contributed by atoms with Crippen LogP contribution in [0.3, 0.4) is 0 Å². The number of hydrogen-bond acceptors (Lipinski definition) is 3. The molecule has 1 rings (SSSR count). The SMILES string of the molecule is CSc1ccccc1NC(=O)CN(C)C/C=C/Cl. The summed E-state index contributed by atoms with van der Waals surface area (Å²) < 4.78 is 0. The van der Waals surface area contributed by atoms with E-state index in [4.69, 9.17) is 11.6 Å². The van der Waals surface area contributed by atoms with Gasteiger partial charge in [0.05, 0.1) is 12.2 Å². The van der Waals surface area contributed by atoms with Crippen LogP contribution >= 0.6 is 23.4 Å². The average Bonchev–Trinajstić information content (AvgIpc) is 2.36. The van der Waals surface area contributed by atoms with Gasteiger partial charge in [-0.2, -0.15) is 0 Å². The Morgan fingerprint density at radius 1 is 1.50 bits per heavy atom. The largest absolute Gasteiger partial charge is 0.324 e. The quantitative estimate of drug-likeness (QED) is 0.815. The molecule has 1 amide bonds. The van der Waals surface area contributed by atoms with Gasteiger partial charge in [0.15, 0.2) is 0 Å². The van der Waals surface area contributed by atoms with Crippen LogP contribution in [0.5, 0.6) is 0 Å². The van der Waals surface area contributed by atoms with Gasteiger partial charge in [0, 0.05) is 17.0 Å². The zero-order valence-corrected chi connectivity index (χ0v) is 12.1. The molecule has 1 aromatic rings. The topological polar surface area (TPSA) is 32.3 Å². The lowest BCUT2D eigenvalue weighted by atomic mass is 10.3. The van der Waals surface area contributed by atoms with E-state index in [1.54, 1.807) is 17.8 Å². The van der Waals surface area contributed by atoms with Crippen molar-refractivity contribution >= 4 is 35.0 Å². The van der Waals surface area contributed by atoms with Gasteiger partial charge in [-0.05, 0) is 25.4 Å². The third-order valence-electron chi connectivity index (χ3n) is 2.30. The van der Waals surface area contributed by atoms with E-state index in [0.717, 1.165) is 10.6 Å². The molecule has 0 saturated carbocycles. The standard InChI is InChI=1S/C13H17ClN2OS/c1-16(9-5-8-14)10-13(17)15-11-6-3-4-7-12(11)18-2/h3-8H,9-10H2,1-2H3,(H,15,17)/b8-5+. The maximum Gasteiger partial charge on any atom is 0.238 e. The molecule has 0 aromatic heterocycles. The van der Waals surface area contributed by atoms with Crippen molar-refractivity contribution < 1.29 is 4.79 Å². The fourth-order valence-electron chi connectivity index (χ4n) is 1.47. The highest BCUT2D eigenvalue weighted by molar-refractivity contribution is 7.98. The molecule has 0 radical (unpaired) electrons. The van der Waals surface area contributed by atoms with Crippen molar-refractivity contribution in [1.82, 2.24) is 4.90 Å². The lowest BCUT2D eigenvalue weighted by Gasteiger charge is -2.15. The third kappa shape index (κ3) is 5.12. The Balaban J connectivity index is 2.54. The Labute approximate surface area is 117 Å². The maximum absolute atomic E-state index is 11.8. The van der Waals surface area contributed by atoms with Crippen LogP contribution in [0.25, 0.3) is 0 Å². The smallest absolute Gasteiger partial charge is 0.238 e. The molecule has 0 heterocycles. The van der Waals surface area contributed by atoms with Gasteiger partial charge in [0.25, 0.3) is 0 Å². The summed E-state index contributed by atoms with van der Waals surface area (Å²) in [6, 6.07) is 7.76. The van der Waals surface area contributed by atoms with E-state index in [1.807, 2.05) is 42.5 Å². The average molecular weight is 285 g/mol. The number of amides is 1. The fraction of sp³-hybridized carbons (Fsp3) is 0.308. The molecule has 0 saturated heterocycles. The summed E-state index contributed by atoms with van der Waals surface area (Å²) in [5, 5.41) is 2.91. The number of nitrogens with one attached hydrogen (secondary N) is 1. The van der Waals surface area contributed by atoms with Crippen LogP contribution in [-0.2, 0) is 4.79 Å². The summed E-state index contributed by atoms with van der Waals surface area (Å²) in [5.41, 5.74) is 2.31. The van der Waals surface area contributed by atoms with E-state index in [0.29, 0.717) is 13.1 Å². The molecule has 0 fully saturated rings. The Morgan fingerprint density at radius 3 is 2.89 bits per heavy atom. The van der Waals surface area contributed by atoms with Gasteiger partial charge < -0.3 is 5.32 Å². The minimum atomic E-state index is -0.0260. The van der Waals surface area contributed by atoms with Crippen LogP contribution in [0.4, 0.5) is 5.69 Å². The first-order valence-corrected chi connectivity index (χ1v) is 7.20. The lowest BCUT2D eigenvalue weighted by molar-refractivity contribution is -0.116. The van der Waals surface area contributed by atoms with E-state index in [9.17, 15) is 4.79 Å². The summed E-state index contributed by atoms with van der Waals surface area (Å²) in [6.07, 6.45) is 3.78. The number of rotatable bonds is 6. The van der Waals surface area contributed by atoms with Crippen LogP contribution < -0.4 is 5.32 Å². The van der Waals surface area contributed by atoms with Crippen LogP contribution in [0, 0.1) is 0 Å². The second kappa shape index (κ2) is 8.19. The second-order valence-electron chi connectivity index (χ2n) is 3.81. The monoisotopic (exact) mass is 284 g/mol. The number of para-hydroxylation sites is 1. The van der Waals surface area contributed by atoms with E-state index < -0.39 is 0 Å².